The second-order valence-corrected chi connectivity index (χ2v) is 8.16. The summed E-state index contributed by atoms with van der Waals surface area (Å²) in [7, 11) is 1.30. The number of carbonyl (C=O) groups is 2. The molecule has 1 aliphatic heterocycles. The Bertz CT molecular complexity index is 1220. The Labute approximate surface area is 197 Å². The van der Waals surface area contributed by atoms with Gasteiger partial charge in [0.25, 0.3) is 5.56 Å². The van der Waals surface area contributed by atoms with Crippen LogP contribution in [0, 0.1) is 0 Å². The largest absolute Gasteiger partial charge is 0.488 e. The Kier molecular flexibility index (Phi) is 7.06. The summed E-state index contributed by atoms with van der Waals surface area (Å²) < 4.78 is 12.5. The number of aromatic nitrogens is 2. The molecule has 0 saturated carbocycles. The summed E-state index contributed by atoms with van der Waals surface area (Å²) in [6.45, 7) is 3.10. The van der Waals surface area contributed by atoms with Crippen LogP contribution in [0.2, 0.25) is 0 Å². The number of esters is 1. The number of pyridine rings is 2. The molecule has 0 fully saturated rings. The van der Waals surface area contributed by atoms with Crippen molar-refractivity contribution in [2.45, 2.75) is 32.4 Å². The molecule has 34 heavy (non-hydrogen) atoms. The van der Waals surface area contributed by atoms with Crippen LogP contribution in [0.25, 0.3) is 0 Å². The number of carbonyl (C=O) groups excluding carboxylic acids is 2. The number of rotatable bonds is 6. The van der Waals surface area contributed by atoms with E-state index in [1.165, 1.54) is 13.2 Å². The van der Waals surface area contributed by atoms with Crippen molar-refractivity contribution in [3.63, 3.8) is 0 Å². The van der Waals surface area contributed by atoms with Crippen molar-refractivity contribution in [3.8, 4) is 5.75 Å². The highest BCUT2D eigenvalue weighted by molar-refractivity contribution is 5.93. The van der Waals surface area contributed by atoms with Gasteiger partial charge in [0.05, 0.1) is 13.0 Å². The number of hydrogen-bond donors (Lipinski definition) is 0. The van der Waals surface area contributed by atoms with E-state index in [9.17, 15) is 14.4 Å². The first kappa shape index (κ1) is 23.2. The zero-order valence-corrected chi connectivity index (χ0v) is 19.3. The quantitative estimate of drug-likeness (QED) is 0.525. The average molecular weight is 462 g/mol. The number of ether oxygens (including phenoxy) is 2. The fourth-order valence-corrected chi connectivity index (χ4v) is 4.20. The first-order chi connectivity index (χ1) is 16.5. The standard InChI is InChI=1S/C26H27N3O5/c1-18(20-6-4-3-5-7-20)25(31)28-13-10-21-24(26(32)33-2)22(16-23(30)29(21)15-14-28)34-17-19-8-11-27-12-9-19/h3-9,11-12,16,18H,10,13-15,17H2,1-2H3/t18-/m0/s1. The molecule has 0 spiro atoms. The molecule has 0 bridgehead atoms. The van der Waals surface area contributed by atoms with Crippen LogP contribution in [0.5, 0.6) is 5.75 Å². The van der Waals surface area contributed by atoms with E-state index < -0.39 is 5.97 Å². The van der Waals surface area contributed by atoms with Gasteiger partial charge in [0.2, 0.25) is 5.91 Å². The number of methoxy groups -OCH3 is 1. The molecule has 0 aliphatic carbocycles. The van der Waals surface area contributed by atoms with Crippen LogP contribution in [0.1, 0.15) is 40.0 Å². The van der Waals surface area contributed by atoms with Crippen molar-refractivity contribution in [1.82, 2.24) is 14.5 Å². The highest BCUT2D eigenvalue weighted by Gasteiger charge is 2.29. The lowest BCUT2D eigenvalue weighted by atomic mass is 9.99. The third-order valence-electron chi connectivity index (χ3n) is 6.11. The summed E-state index contributed by atoms with van der Waals surface area (Å²) in [6, 6.07) is 14.5. The maximum absolute atomic E-state index is 13.2. The van der Waals surface area contributed by atoms with E-state index >= 15 is 0 Å². The molecule has 2 aromatic heterocycles. The van der Waals surface area contributed by atoms with Gasteiger partial charge < -0.3 is 18.9 Å². The Morgan fingerprint density at radius 1 is 1.06 bits per heavy atom. The van der Waals surface area contributed by atoms with Crippen LogP contribution in [-0.2, 0) is 29.1 Å². The van der Waals surface area contributed by atoms with E-state index in [2.05, 4.69) is 4.98 Å². The summed E-state index contributed by atoms with van der Waals surface area (Å²) in [5, 5.41) is 0. The third-order valence-corrected chi connectivity index (χ3v) is 6.11. The summed E-state index contributed by atoms with van der Waals surface area (Å²) in [5.74, 6) is -0.720. The normalized spacial score (nSPS) is 14.0. The predicted molar refractivity (Wildman–Crippen MR) is 126 cm³/mol. The first-order valence-electron chi connectivity index (χ1n) is 11.2. The van der Waals surface area contributed by atoms with Crippen molar-refractivity contribution in [2.24, 2.45) is 0 Å². The molecule has 3 aromatic rings. The highest BCUT2D eigenvalue weighted by atomic mass is 16.5. The minimum atomic E-state index is -0.578. The van der Waals surface area contributed by atoms with Gasteiger partial charge >= 0.3 is 5.97 Å². The van der Waals surface area contributed by atoms with Crippen molar-refractivity contribution in [2.75, 3.05) is 20.2 Å². The van der Waals surface area contributed by atoms with Crippen molar-refractivity contribution >= 4 is 11.9 Å². The van der Waals surface area contributed by atoms with Crippen LogP contribution in [0.3, 0.4) is 0 Å². The molecule has 176 valence electrons. The SMILES string of the molecule is COC(=O)c1c(OCc2ccncc2)cc(=O)n2c1CCN(C(=O)[C@@H](C)c1ccccc1)CC2. The second kappa shape index (κ2) is 10.3. The molecule has 1 aromatic carbocycles. The van der Waals surface area contributed by atoms with Gasteiger partial charge in [-0.3, -0.25) is 14.6 Å². The van der Waals surface area contributed by atoms with Crippen LogP contribution >= 0.6 is 0 Å². The Balaban J connectivity index is 1.61. The summed E-state index contributed by atoms with van der Waals surface area (Å²) in [6.07, 6.45) is 3.63. The molecule has 1 amide bonds. The van der Waals surface area contributed by atoms with E-state index in [0.29, 0.717) is 25.2 Å². The molecule has 8 heteroatoms. The zero-order chi connectivity index (χ0) is 24.1. The first-order valence-corrected chi connectivity index (χ1v) is 11.2. The number of nitrogens with zero attached hydrogens (tertiary/aromatic N) is 3. The Hall–Kier alpha value is -3.94. The van der Waals surface area contributed by atoms with E-state index in [4.69, 9.17) is 9.47 Å². The monoisotopic (exact) mass is 461 g/mol. The molecule has 0 saturated heterocycles. The van der Waals surface area contributed by atoms with Gasteiger partial charge in [0, 0.05) is 50.2 Å². The molecule has 3 heterocycles. The minimum absolute atomic E-state index is 0.0131. The smallest absolute Gasteiger partial charge is 0.343 e. The number of benzene rings is 1. The molecule has 4 rings (SSSR count). The van der Waals surface area contributed by atoms with Gasteiger partial charge in [-0.15, -0.1) is 0 Å². The van der Waals surface area contributed by atoms with Gasteiger partial charge in [-0.25, -0.2) is 4.79 Å². The Morgan fingerprint density at radius 2 is 1.79 bits per heavy atom. The van der Waals surface area contributed by atoms with Crippen LogP contribution in [0.15, 0.2) is 65.7 Å². The zero-order valence-electron chi connectivity index (χ0n) is 19.3. The molecule has 0 radical (unpaired) electrons. The molecule has 8 nitrogen and oxygen atoms in total. The van der Waals surface area contributed by atoms with Gasteiger partial charge in [0.1, 0.15) is 17.9 Å². The van der Waals surface area contributed by atoms with Crippen LogP contribution in [0.4, 0.5) is 0 Å². The van der Waals surface area contributed by atoms with Crippen LogP contribution < -0.4 is 10.3 Å². The lowest BCUT2D eigenvalue weighted by Crippen LogP contribution is -2.36. The van der Waals surface area contributed by atoms with E-state index in [1.54, 1.807) is 34.0 Å². The number of amides is 1. The fraction of sp³-hybridized carbons (Fsp3) is 0.308. The maximum atomic E-state index is 13.2. The molecule has 1 aliphatic rings. The average Bonchev–Trinajstić information content (AvgIpc) is 3.11. The summed E-state index contributed by atoms with van der Waals surface area (Å²) >= 11 is 0. The van der Waals surface area contributed by atoms with Gasteiger partial charge in [-0.2, -0.15) is 0 Å². The minimum Gasteiger partial charge on any atom is -0.488 e. The summed E-state index contributed by atoms with van der Waals surface area (Å²) in [5.41, 5.74) is 2.26. The lowest BCUT2D eigenvalue weighted by Gasteiger charge is -2.24. The topological polar surface area (TPSA) is 90.7 Å². The van der Waals surface area contributed by atoms with Crippen LogP contribution in [-0.4, -0.2) is 46.5 Å². The molecular weight excluding hydrogens is 434 g/mol. The van der Waals surface area contributed by atoms with Crippen molar-refractivity contribution in [3.05, 3.63) is 93.7 Å². The lowest BCUT2D eigenvalue weighted by molar-refractivity contribution is -0.132. The predicted octanol–water partition coefficient (Wildman–Crippen LogP) is 2.80. The highest BCUT2D eigenvalue weighted by Crippen LogP contribution is 2.26. The third kappa shape index (κ3) is 4.85. The van der Waals surface area contributed by atoms with Crippen molar-refractivity contribution in [1.29, 1.82) is 0 Å². The summed E-state index contributed by atoms with van der Waals surface area (Å²) in [4.78, 5) is 44.6. The molecular formula is C26H27N3O5. The molecule has 0 N–H and O–H groups in total. The van der Waals surface area contributed by atoms with Gasteiger partial charge in [-0.1, -0.05) is 30.3 Å². The van der Waals surface area contributed by atoms with E-state index in [0.717, 1.165) is 11.1 Å². The molecule has 0 unspecified atom stereocenters. The van der Waals surface area contributed by atoms with E-state index in [1.807, 2.05) is 37.3 Å². The van der Waals surface area contributed by atoms with Gasteiger partial charge in [-0.05, 0) is 30.2 Å². The maximum Gasteiger partial charge on any atom is 0.343 e. The van der Waals surface area contributed by atoms with Gasteiger partial charge in [0.15, 0.2) is 0 Å². The number of fused-ring (bicyclic) bond motifs is 1. The van der Waals surface area contributed by atoms with E-state index in [-0.39, 0.29) is 41.8 Å². The second-order valence-electron chi connectivity index (χ2n) is 8.16. The Morgan fingerprint density at radius 3 is 2.50 bits per heavy atom. The van der Waals surface area contributed by atoms with Crippen molar-refractivity contribution < 1.29 is 19.1 Å². The fourth-order valence-electron chi connectivity index (χ4n) is 4.20. The number of hydrogen-bond acceptors (Lipinski definition) is 6. The molecule has 1 atom stereocenters.